The highest BCUT2D eigenvalue weighted by molar-refractivity contribution is 5.35. The molecular weight excluding hydrogens is 212 g/mol. The molecule has 0 aliphatic rings. The molecular formula is C10H14N2O4. The van der Waals surface area contributed by atoms with Gasteiger partial charge < -0.3 is 9.84 Å². The summed E-state index contributed by atoms with van der Waals surface area (Å²) in [6.07, 6.45) is -0.314. The third kappa shape index (κ3) is 3.25. The molecule has 0 radical (unpaired) electrons. The number of pyridine rings is 1. The number of aliphatic hydroxyl groups is 1. The van der Waals surface area contributed by atoms with E-state index in [1.807, 2.05) is 0 Å². The van der Waals surface area contributed by atoms with Gasteiger partial charge in [-0.3, -0.25) is 15.1 Å². The topological polar surface area (TPSA) is 85.5 Å². The lowest BCUT2D eigenvalue weighted by atomic mass is 10.1. The average Bonchev–Trinajstić information content (AvgIpc) is 2.17. The van der Waals surface area contributed by atoms with Crippen LogP contribution in [0.25, 0.3) is 0 Å². The fraction of sp³-hybridized carbons (Fsp3) is 0.500. The maximum Gasteiger partial charge on any atom is 0.290 e. The average molecular weight is 226 g/mol. The minimum Gasteiger partial charge on any atom is -0.390 e. The van der Waals surface area contributed by atoms with Crippen LogP contribution in [0.3, 0.4) is 0 Å². The Kier molecular flexibility index (Phi) is 4.33. The highest BCUT2D eigenvalue weighted by Crippen LogP contribution is 2.16. The van der Waals surface area contributed by atoms with E-state index in [1.165, 1.54) is 13.2 Å². The van der Waals surface area contributed by atoms with E-state index >= 15 is 0 Å². The monoisotopic (exact) mass is 226 g/mol. The predicted octanol–water partition coefficient (Wildman–Crippen LogP) is 0.848. The van der Waals surface area contributed by atoms with Gasteiger partial charge in [0.1, 0.15) is 5.69 Å². The van der Waals surface area contributed by atoms with Crippen molar-refractivity contribution in [3.05, 3.63) is 33.6 Å². The predicted molar refractivity (Wildman–Crippen MR) is 57.2 cm³/mol. The second kappa shape index (κ2) is 5.53. The summed E-state index contributed by atoms with van der Waals surface area (Å²) in [5.41, 5.74) is 0.963. The van der Waals surface area contributed by atoms with Crippen molar-refractivity contribution in [3.8, 4) is 0 Å². The molecule has 1 heterocycles. The second-order valence-corrected chi connectivity index (χ2v) is 3.48. The van der Waals surface area contributed by atoms with Crippen molar-refractivity contribution in [3.63, 3.8) is 0 Å². The molecule has 0 saturated heterocycles. The fourth-order valence-electron chi connectivity index (χ4n) is 1.41. The summed E-state index contributed by atoms with van der Waals surface area (Å²) in [7, 11) is 1.50. The Morgan fingerprint density at radius 2 is 2.31 bits per heavy atom. The first-order chi connectivity index (χ1) is 7.54. The number of rotatable bonds is 5. The van der Waals surface area contributed by atoms with Crippen molar-refractivity contribution in [1.82, 2.24) is 4.98 Å². The van der Waals surface area contributed by atoms with Crippen LogP contribution in [0.5, 0.6) is 0 Å². The molecule has 1 aromatic rings. The van der Waals surface area contributed by atoms with Crippen molar-refractivity contribution in [1.29, 1.82) is 0 Å². The van der Waals surface area contributed by atoms with E-state index in [9.17, 15) is 15.2 Å². The van der Waals surface area contributed by atoms with Gasteiger partial charge in [0, 0.05) is 25.3 Å². The lowest BCUT2D eigenvalue weighted by Crippen LogP contribution is -2.17. The number of methoxy groups -OCH3 is 1. The Labute approximate surface area is 93.0 Å². The molecule has 0 fully saturated rings. The van der Waals surface area contributed by atoms with E-state index in [2.05, 4.69) is 4.98 Å². The van der Waals surface area contributed by atoms with Gasteiger partial charge >= 0.3 is 0 Å². The van der Waals surface area contributed by atoms with Crippen LogP contribution in [0.4, 0.5) is 5.69 Å². The normalized spacial score (nSPS) is 12.4. The summed E-state index contributed by atoms with van der Waals surface area (Å²) in [6.45, 7) is 1.79. The Balaban J connectivity index is 2.77. The Bertz CT molecular complexity index is 381. The summed E-state index contributed by atoms with van der Waals surface area (Å²) < 4.78 is 4.78. The minimum atomic E-state index is -0.640. The molecule has 6 nitrogen and oxygen atoms in total. The number of aromatic nitrogens is 1. The number of hydrogen-bond donors (Lipinski definition) is 1. The number of ether oxygens (including phenoxy) is 1. The molecule has 1 rings (SSSR count). The zero-order valence-corrected chi connectivity index (χ0v) is 9.21. The number of nitrogens with zero attached hydrogens (tertiary/aromatic N) is 2. The maximum atomic E-state index is 10.6. The summed E-state index contributed by atoms with van der Waals surface area (Å²) in [4.78, 5) is 14.1. The second-order valence-electron chi connectivity index (χ2n) is 3.48. The standard InChI is InChI=1S/C10H14N2O4/c1-7-10(12(14)15)4-3-8(11-7)5-9(13)6-16-2/h3-4,9,13H,5-6H2,1-2H3. The van der Waals surface area contributed by atoms with Crippen molar-refractivity contribution >= 4 is 5.69 Å². The first-order valence-electron chi connectivity index (χ1n) is 4.82. The van der Waals surface area contributed by atoms with Gasteiger partial charge in [-0.15, -0.1) is 0 Å². The molecule has 16 heavy (non-hydrogen) atoms. The maximum absolute atomic E-state index is 10.6. The number of aryl methyl sites for hydroxylation is 1. The molecule has 1 N–H and O–H groups in total. The van der Waals surface area contributed by atoms with Crippen LogP contribution in [0.2, 0.25) is 0 Å². The largest absolute Gasteiger partial charge is 0.390 e. The molecule has 0 bridgehead atoms. The Hall–Kier alpha value is -1.53. The molecule has 0 aromatic carbocycles. The van der Waals surface area contributed by atoms with E-state index in [0.717, 1.165) is 0 Å². The van der Waals surface area contributed by atoms with Crippen LogP contribution >= 0.6 is 0 Å². The smallest absolute Gasteiger partial charge is 0.290 e. The molecule has 0 saturated carbocycles. The highest BCUT2D eigenvalue weighted by atomic mass is 16.6. The number of aliphatic hydroxyl groups excluding tert-OH is 1. The van der Waals surface area contributed by atoms with Gasteiger partial charge in [-0.1, -0.05) is 0 Å². The van der Waals surface area contributed by atoms with Crippen LogP contribution < -0.4 is 0 Å². The molecule has 0 aliphatic carbocycles. The summed E-state index contributed by atoms with van der Waals surface area (Å²) in [5, 5.41) is 20.0. The van der Waals surface area contributed by atoms with Crippen LogP contribution in [-0.2, 0) is 11.2 Å². The molecule has 6 heteroatoms. The first kappa shape index (κ1) is 12.5. The van der Waals surface area contributed by atoms with Crippen molar-refractivity contribution < 1.29 is 14.8 Å². The first-order valence-corrected chi connectivity index (χ1v) is 4.82. The van der Waals surface area contributed by atoms with Gasteiger partial charge in [0.15, 0.2) is 0 Å². The summed E-state index contributed by atoms with van der Waals surface area (Å²) in [5.74, 6) is 0. The Morgan fingerprint density at radius 3 is 2.81 bits per heavy atom. The van der Waals surface area contributed by atoms with E-state index in [0.29, 0.717) is 17.8 Å². The fourth-order valence-corrected chi connectivity index (χ4v) is 1.41. The van der Waals surface area contributed by atoms with E-state index < -0.39 is 11.0 Å². The molecule has 88 valence electrons. The van der Waals surface area contributed by atoms with Crippen molar-refractivity contribution in [2.24, 2.45) is 0 Å². The van der Waals surface area contributed by atoms with Gasteiger partial charge in [-0.05, 0) is 13.0 Å². The van der Waals surface area contributed by atoms with Crippen molar-refractivity contribution in [2.45, 2.75) is 19.4 Å². The van der Waals surface area contributed by atoms with Gasteiger partial charge in [0.05, 0.1) is 17.6 Å². The SMILES string of the molecule is COCC(O)Cc1ccc([N+](=O)[O-])c(C)n1. The van der Waals surface area contributed by atoms with E-state index in [-0.39, 0.29) is 12.3 Å². The van der Waals surface area contributed by atoms with Gasteiger partial charge in [0.2, 0.25) is 0 Å². The third-order valence-corrected chi connectivity index (χ3v) is 2.12. The third-order valence-electron chi connectivity index (χ3n) is 2.12. The molecule has 0 aliphatic heterocycles. The minimum absolute atomic E-state index is 0.00928. The van der Waals surface area contributed by atoms with Crippen LogP contribution in [-0.4, -0.2) is 34.8 Å². The van der Waals surface area contributed by atoms with Crippen LogP contribution in [0.1, 0.15) is 11.4 Å². The lowest BCUT2D eigenvalue weighted by molar-refractivity contribution is -0.385. The summed E-state index contributed by atoms with van der Waals surface area (Å²) >= 11 is 0. The molecule has 1 unspecified atom stereocenters. The molecule has 1 aromatic heterocycles. The zero-order chi connectivity index (χ0) is 12.1. The van der Waals surface area contributed by atoms with Gasteiger partial charge in [0.25, 0.3) is 5.69 Å². The molecule has 0 spiro atoms. The van der Waals surface area contributed by atoms with Crippen LogP contribution in [0.15, 0.2) is 12.1 Å². The number of hydrogen-bond acceptors (Lipinski definition) is 5. The van der Waals surface area contributed by atoms with Gasteiger partial charge in [-0.2, -0.15) is 0 Å². The molecule has 0 amide bonds. The van der Waals surface area contributed by atoms with Crippen molar-refractivity contribution in [2.75, 3.05) is 13.7 Å². The lowest BCUT2D eigenvalue weighted by Gasteiger charge is -2.08. The van der Waals surface area contributed by atoms with E-state index in [1.54, 1.807) is 13.0 Å². The van der Waals surface area contributed by atoms with E-state index in [4.69, 9.17) is 4.74 Å². The summed E-state index contributed by atoms with van der Waals surface area (Å²) in [6, 6.07) is 2.95. The zero-order valence-electron chi connectivity index (χ0n) is 9.21. The highest BCUT2D eigenvalue weighted by Gasteiger charge is 2.13. The Morgan fingerprint density at radius 1 is 1.62 bits per heavy atom. The van der Waals surface area contributed by atoms with Gasteiger partial charge in [-0.25, -0.2) is 0 Å². The molecule has 1 atom stereocenters. The quantitative estimate of drug-likeness (QED) is 0.594. The number of nitro groups is 1. The van der Waals surface area contributed by atoms with Crippen LogP contribution in [0, 0.1) is 17.0 Å².